The molecule has 0 aromatic rings. The number of esters is 3. The fourth-order valence-electron chi connectivity index (χ4n) is 11.8. The number of hydrogen-bond acceptors (Lipinski definition) is 10. The van der Waals surface area contributed by atoms with Gasteiger partial charge in [0.1, 0.15) is 23.9 Å². The number of fused-ring (bicyclic) bond motifs is 1. The van der Waals surface area contributed by atoms with Crippen molar-refractivity contribution < 1.29 is 43.9 Å². The van der Waals surface area contributed by atoms with Gasteiger partial charge >= 0.3 is 17.9 Å². The summed E-state index contributed by atoms with van der Waals surface area (Å²) in [7, 11) is 0. The third kappa shape index (κ3) is 2.32. The Balaban J connectivity index is 1.48. The van der Waals surface area contributed by atoms with Crippen LogP contribution in [0.3, 0.4) is 0 Å². The van der Waals surface area contributed by atoms with Gasteiger partial charge in [0.2, 0.25) is 0 Å². The van der Waals surface area contributed by atoms with Gasteiger partial charge in [0, 0.05) is 43.2 Å². The highest BCUT2D eigenvalue weighted by molar-refractivity contribution is 5.73. The van der Waals surface area contributed by atoms with Gasteiger partial charge in [0.25, 0.3) is 0 Å². The fourth-order valence-corrected chi connectivity index (χ4v) is 11.8. The predicted molar refractivity (Wildman–Crippen MR) is 134 cm³/mol. The van der Waals surface area contributed by atoms with Gasteiger partial charge in [-0.15, -0.1) is 0 Å². The molecule has 15 atom stereocenters. The van der Waals surface area contributed by atoms with Crippen molar-refractivity contribution in [1.82, 2.24) is 4.90 Å². The second-order valence-corrected chi connectivity index (χ2v) is 13.9. The predicted octanol–water partition coefficient (Wildman–Crippen LogP) is 0.703. The van der Waals surface area contributed by atoms with Crippen molar-refractivity contribution in [3.8, 4) is 0 Å². The molecular formula is C29H39NO9. The van der Waals surface area contributed by atoms with Crippen LogP contribution < -0.4 is 0 Å². The van der Waals surface area contributed by atoms with Crippen LogP contribution in [0.1, 0.15) is 60.3 Å². The van der Waals surface area contributed by atoms with Crippen molar-refractivity contribution in [2.24, 2.45) is 34.0 Å². The minimum absolute atomic E-state index is 0.0462. The third-order valence-corrected chi connectivity index (χ3v) is 12.5. The molecule has 9 fully saturated rings. The van der Waals surface area contributed by atoms with Crippen LogP contribution in [0.2, 0.25) is 0 Å². The van der Waals surface area contributed by atoms with Crippen molar-refractivity contribution in [3.05, 3.63) is 12.2 Å². The Bertz CT molecular complexity index is 1220. The molecule has 6 aliphatic carbocycles. The first-order valence-corrected chi connectivity index (χ1v) is 14.3. The van der Waals surface area contributed by atoms with Crippen LogP contribution >= 0.6 is 0 Å². The lowest BCUT2D eigenvalue weighted by molar-refractivity contribution is -0.347. The van der Waals surface area contributed by atoms with Gasteiger partial charge in [-0.2, -0.15) is 0 Å². The summed E-state index contributed by atoms with van der Waals surface area (Å²) < 4.78 is 18.5. The van der Waals surface area contributed by atoms with Crippen molar-refractivity contribution in [3.63, 3.8) is 0 Å². The summed E-state index contributed by atoms with van der Waals surface area (Å²) in [5, 5.41) is 36.7. The van der Waals surface area contributed by atoms with Crippen molar-refractivity contribution in [2.75, 3.05) is 6.54 Å². The molecular weight excluding hydrogens is 506 g/mol. The van der Waals surface area contributed by atoms with E-state index in [4.69, 9.17) is 14.2 Å². The number of hydrogen-bond donors (Lipinski definition) is 3. The summed E-state index contributed by atoms with van der Waals surface area (Å²) in [4.78, 5) is 40.7. The maximum atomic E-state index is 13.2. The van der Waals surface area contributed by atoms with Crippen LogP contribution in [-0.2, 0) is 28.6 Å². The van der Waals surface area contributed by atoms with E-state index in [9.17, 15) is 29.7 Å². The van der Waals surface area contributed by atoms with Crippen LogP contribution in [0.15, 0.2) is 12.2 Å². The lowest BCUT2D eigenvalue weighted by Crippen LogP contribution is -2.83. The first-order chi connectivity index (χ1) is 18.2. The maximum absolute atomic E-state index is 13.2. The Morgan fingerprint density at radius 3 is 2.44 bits per heavy atom. The molecule has 214 valence electrons. The van der Waals surface area contributed by atoms with E-state index in [0.717, 1.165) is 0 Å². The highest BCUT2D eigenvalue weighted by Gasteiger charge is 3.02. The molecule has 3 heterocycles. The fraction of sp³-hybridized carbons (Fsp3) is 0.828. The highest BCUT2D eigenvalue weighted by atomic mass is 16.6. The van der Waals surface area contributed by atoms with Gasteiger partial charge in [0.15, 0.2) is 5.60 Å². The molecule has 9 rings (SSSR count). The van der Waals surface area contributed by atoms with Crippen molar-refractivity contribution in [2.45, 2.75) is 108 Å². The van der Waals surface area contributed by atoms with E-state index >= 15 is 0 Å². The number of aliphatic hydroxyl groups excluding tert-OH is 2. The maximum Gasteiger partial charge on any atom is 0.309 e. The Morgan fingerprint density at radius 2 is 1.82 bits per heavy atom. The Morgan fingerprint density at radius 1 is 1.13 bits per heavy atom. The molecule has 6 saturated carbocycles. The highest BCUT2D eigenvalue weighted by Crippen LogP contribution is 2.90. The quantitative estimate of drug-likeness (QED) is 0.257. The zero-order valence-corrected chi connectivity index (χ0v) is 23.2. The number of nitrogens with zero attached hydrogens (tertiary/aromatic N) is 1. The molecule has 9 aliphatic rings. The van der Waals surface area contributed by atoms with Crippen LogP contribution in [0.25, 0.3) is 0 Å². The summed E-state index contributed by atoms with van der Waals surface area (Å²) in [5.74, 6) is -2.96. The van der Waals surface area contributed by atoms with E-state index in [1.165, 1.54) is 13.8 Å². The van der Waals surface area contributed by atoms with Gasteiger partial charge in [-0.3, -0.25) is 19.3 Å². The largest absolute Gasteiger partial charge is 0.458 e. The normalized spacial score (nSPS) is 57.4. The van der Waals surface area contributed by atoms with Crippen LogP contribution in [0.5, 0.6) is 0 Å². The smallest absolute Gasteiger partial charge is 0.309 e. The van der Waals surface area contributed by atoms with Gasteiger partial charge in [-0.05, 0) is 31.6 Å². The van der Waals surface area contributed by atoms with Crippen molar-refractivity contribution >= 4 is 17.9 Å². The van der Waals surface area contributed by atoms with Gasteiger partial charge in [0.05, 0.1) is 23.5 Å². The topological polar surface area (TPSA) is 143 Å². The van der Waals surface area contributed by atoms with Gasteiger partial charge in [-0.25, -0.2) is 0 Å². The average molecular weight is 546 g/mol. The number of ether oxygens (including phenoxy) is 3. The molecule has 4 unspecified atom stereocenters. The number of piperidine rings is 2. The molecule has 3 aliphatic heterocycles. The second kappa shape index (κ2) is 7.24. The molecule has 39 heavy (non-hydrogen) atoms. The SMILES string of the molecule is C=C1C[C@@]23CC4C5[C@]6(C)CN4[C@@H]4[C@]2(O)[C@H](O)[C@H]1[C@@H](O)[C@@]3(OC(C)=O)[C@]54C[C@@H](OC(=O)C(C)CC)[C@H]6OC(C)=O. The lowest BCUT2D eigenvalue weighted by atomic mass is 9.36. The summed E-state index contributed by atoms with van der Waals surface area (Å²) in [6.07, 6.45) is -2.79. The van der Waals surface area contributed by atoms with Crippen molar-refractivity contribution in [1.29, 1.82) is 0 Å². The molecule has 3 N–H and O–H groups in total. The van der Waals surface area contributed by atoms with Crippen LogP contribution in [-0.4, -0.2) is 92.4 Å². The summed E-state index contributed by atoms with van der Waals surface area (Å²) in [6.45, 7) is 13.0. The molecule has 0 aromatic carbocycles. The van der Waals surface area contributed by atoms with E-state index in [1.807, 2.05) is 13.8 Å². The van der Waals surface area contributed by atoms with E-state index in [0.29, 0.717) is 31.4 Å². The Hall–Kier alpha value is -2.01. The summed E-state index contributed by atoms with van der Waals surface area (Å²) >= 11 is 0. The van der Waals surface area contributed by atoms with Crippen LogP contribution in [0, 0.1) is 34.0 Å². The first kappa shape index (κ1) is 25.9. The van der Waals surface area contributed by atoms with E-state index in [-0.39, 0.29) is 24.3 Å². The van der Waals surface area contributed by atoms with E-state index in [1.54, 1.807) is 6.92 Å². The second-order valence-electron chi connectivity index (χ2n) is 13.9. The number of carbonyl (C=O) groups is 3. The monoisotopic (exact) mass is 545 g/mol. The Kier molecular flexibility index (Phi) is 4.82. The minimum Gasteiger partial charge on any atom is -0.458 e. The number of rotatable bonds is 5. The molecule has 2 spiro atoms. The zero-order valence-electron chi connectivity index (χ0n) is 23.2. The molecule has 0 aromatic heterocycles. The third-order valence-electron chi connectivity index (χ3n) is 12.5. The van der Waals surface area contributed by atoms with Gasteiger partial charge in [-0.1, -0.05) is 32.9 Å². The van der Waals surface area contributed by atoms with E-state index < -0.39 is 81.7 Å². The molecule has 10 heteroatoms. The lowest BCUT2D eigenvalue weighted by Gasteiger charge is -2.72. The first-order valence-electron chi connectivity index (χ1n) is 14.3. The number of aliphatic hydroxyl groups is 3. The molecule has 0 radical (unpaired) electrons. The zero-order chi connectivity index (χ0) is 28.2. The van der Waals surface area contributed by atoms with E-state index in [2.05, 4.69) is 11.5 Å². The molecule has 9 bridgehead atoms. The number of carbonyl (C=O) groups excluding carboxylic acids is 3. The molecule has 0 amide bonds. The van der Waals surface area contributed by atoms with Crippen LogP contribution in [0.4, 0.5) is 0 Å². The standard InChI is InChI=1S/C29H39NO9/c1-7-12(2)23(35)38-17-10-27-19-16-9-26-8-13(3)18(21(34)29(26,27)39-15(5)32)20(33)28(26,36)24(27)30(16)11-25(19,6)22(17)37-14(4)31/h12,16-22,24,33-34,36H,3,7-11H2,1-2,4-6H3/t12?,16?,17-,18+,19?,20-,21-,22-,24+,25+,26-,27-,28-,29+/m1/s1. The Labute approximate surface area is 227 Å². The molecule has 10 nitrogen and oxygen atoms in total. The minimum atomic E-state index is -1.67. The van der Waals surface area contributed by atoms with Gasteiger partial charge < -0.3 is 29.5 Å². The average Bonchev–Trinajstić information content (AvgIpc) is 3.27. The molecule has 3 saturated heterocycles. The summed E-state index contributed by atoms with van der Waals surface area (Å²) in [6, 6.07) is -0.679. The summed E-state index contributed by atoms with van der Waals surface area (Å²) in [5.41, 5.74) is -5.45.